The molecule has 1 N–H and O–H groups in total. The summed E-state index contributed by atoms with van der Waals surface area (Å²) in [6.07, 6.45) is 5.89. The van der Waals surface area contributed by atoms with Gasteiger partial charge in [0.15, 0.2) is 5.58 Å². The van der Waals surface area contributed by atoms with Crippen molar-refractivity contribution in [2.45, 2.75) is 64.2 Å². The molecule has 0 spiro atoms. The predicted molar refractivity (Wildman–Crippen MR) is 118 cm³/mol. The lowest BCUT2D eigenvalue weighted by Gasteiger charge is -2.45. The molecule has 1 fully saturated rings. The molecule has 168 valence electrons. The molecule has 1 aliphatic carbocycles. The summed E-state index contributed by atoms with van der Waals surface area (Å²) >= 11 is 0. The molecule has 3 aromatic rings. The third-order valence-corrected chi connectivity index (χ3v) is 7.20. The first-order valence-electron chi connectivity index (χ1n) is 11.3. The molecule has 3 unspecified atom stereocenters. The largest absolute Gasteiger partial charge is 0.463 e. The summed E-state index contributed by atoms with van der Waals surface area (Å²) in [6, 6.07) is 9.81. The van der Waals surface area contributed by atoms with Crippen molar-refractivity contribution in [2.24, 2.45) is 5.92 Å². The number of carbonyl (C=O) groups is 2. The number of carbonyl (C=O) groups excluding carboxylic acids is 2. The van der Waals surface area contributed by atoms with Gasteiger partial charge in [0.25, 0.3) is 5.91 Å². The summed E-state index contributed by atoms with van der Waals surface area (Å²) in [5.41, 5.74) is 1.41. The summed E-state index contributed by atoms with van der Waals surface area (Å²) in [5.74, 6) is -0.400. The Hall–Kier alpha value is -3.09. The Morgan fingerprint density at radius 1 is 1.25 bits per heavy atom. The van der Waals surface area contributed by atoms with Crippen LogP contribution in [0.5, 0.6) is 0 Å². The summed E-state index contributed by atoms with van der Waals surface area (Å²) in [5, 5.41) is 3.25. The van der Waals surface area contributed by atoms with E-state index < -0.39 is 5.54 Å². The minimum Gasteiger partial charge on any atom is -0.463 e. The van der Waals surface area contributed by atoms with Crippen molar-refractivity contribution in [1.29, 1.82) is 0 Å². The van der Waals surface area contributed by atoms with Crippen LogP contribution in [0.2, 0.25) is 0 Å². The van der Waals surface area contributed by atoms with Gasteiger partial charge in [0.05, 0.1) is 18.3 Å². The van der Waals surface area contributed by atoms with E-state index in [4.69, 9.17) is 4.42 Å². The van der Waals surface area contributed by atoms with E-state index in [0.29, 0.717) is 29.3 Å². The second-order valence-electron chi connectivity index (χ2n) is 9.42. The van der Waals surface area contributed by atoms with Gasteiger partial charge in [-0.3, -0.25) is 9.59 Å². The molecule has 1 aliphatic heterocycles. The van der Waals surface area contributed by atoms with Gasteiger partial charge >= 0.3 is 0 Å². The molecular weight excluding hydrogens is 409 g/mol. The van der Waals surface area contributed by atoms with Crippen LogP contribution >= 0.6 is 0 Å². The lowest BCUT2D eigenvalue weighted by molar-refractivity contribution is -0.134. The first-order chi connectivity index (χ1) is 15.4. The third-order valence-electron chi connectivity index (χ3n) is 7.20. The molecule has 2 aliphatic rings. The van der Waals surface area contributed by atoms with E-state index in [-0.39, 0.29) is 30.2 Å². The van der Waals surface area contributed by atoms with Gasteiger partial charge < -0.3 is 19.2 Å². The topological polar surface area (TPSA) is 67.5 Å². The fourth-order valence-electron chi connectivity index (χ4n) is 5.19. The van der Waals surface area contributed by atoms with E-state index >= 15 is 0 Å². The van der Waals surface area contributed by atoms with E-state index in [1.54, 1.807) is 29.4 Å². The Labute approximate surface area is 186 Å². The van der Waals surface area contributed by atoms with Crippen molar-refractivity contribution in [3.05, 3.63) is 59.7 Å². The van der Waals surface area contributed by atoms with Crippen LogP contribution < -0.4 is 5.32 Å². The number of fused-ring (bicyclic) bond motifs is 3. The molecule has 32 heavy (non-hydrogen) atoms. The zero-order chi connectivity index (χ0) is 22.5. The number of hydrogen-bond acceptors (Lipinski definition) is 3. The number of nitrogens with zero attached hydrogens (tertiary/aromatic N) is 2. The minimum absolute atomic E-state index is 0.0965. The first kappa shape index (κ1) is 20.8. The number of aromatic nitrogens is 1. The number of rotatable bonds is 4. The maximum absolute atomic E-state index is 13.9. The first-order valence-corrected chi connectivity index (χ1v) is 11.3. The standard InChI is InChI=1S/C25H28FN3O3/c1-16-6-3-4-9-19(16)27-24(31)25(2)15-28-20-10-11-32-22(20)13-21(28)23(30)29(25)14-17-7-5-8-18(26)12-17/h5,7-8,10-13,16,19H,3-4,6,9,14-15H2,1-2H3,(H,27,31). The highest BCUT2D eigenvalue weighted by molar-refractivity contribution is 6.02. The van der Waals surface area contributed by atoms with Crippen LogP contribution in [0.3, 0.4) is 0 Å². The lowest BCUT2D eigenvalue weighted by Crippen LogP contribution is -2.65. The van der Waals surface area contributed by atoms with Crippen molar-refractivity contribution in [3.63, 3.8) is 0 Å². The van der Waals surface area contributed by atoms with Crippen LogP contribution in [0, 0.1) is 11.7 Å². The zero-order valence-corrected chi connectivity index (χ0v) is 18.4. The van der Waals surface area contributed by atoms with Crippen LogP contribution in [-0.4, -0.2) is 32.9 Å². The Bertz CT molecular complexity index is 1180. The van der Waals surface area contributed by atoms with Gasteiger partial charge in [-0.05, 0) is 43.4 Å². The summed E-state index contributed by atoms with van der Waals surface area (Å²) in [4.78, 5) is 29.0. The van der Waals surface area contributed by atoms with Crippen LogP contribution in [0.25, 0.3) is 11.1 Å². The van der Waals surface area contributed by atoms with Crippen molar-refractivity contribution in [3.8, 4) is 0 Å². The molecule has 0 bridgehead atoms. The fourth-order valence-corrected chi connectivity index (χ4v) is 5.19. The van der Waals surface area contributed by atoms with Gasteiger partial charge in [0.1, 0.15) is 17.1 Å². The summed E-state index contributed by atoms with van der Waals surface area (Å²) in [7, 11) is 0. The zero-order valence-electron chi connectivity index (χ0n) is 18.4. The second-order valence-corrected chi connectivity index (χ2v) is 9.42. The average Bonchev–Trinajstić information content (AvgIpc) is 3.35. The molecule has 2 aromatic heterocycles. The van der Waals surface area contributed by atoms with Crippen LogP contribution in [0.15, 0.2) is 47.1 Å². The van der Waals surface area contributed by atoms with Gasteiger partial charge in [-0.15, -0.1) is 0 Å². The molecule has 5 rings (SSSR count). The monoisotopic (exact) mass is 437 g/mol. The molecular formula is C25H28FN3O3. The number of nitrogens with one attached hydrogen (secondary N) is 1. The van der Waals surface area contributed by atoms with Crippen LogP contribution in [-0.2, 0) is 17.9 Å². The van der Waals surface area contributed by atoms with E-state index in [1.807, 2.05) is 17.6 Å². The molecule has 6 nitrogen and oxygen atoms in total. The number of benzene rings is 1. The van der Waals surface area contributed by atoms with Crippen molar-refractivity contribution in [2.75, 3.05) is 0 Å². The van der Waals surface area contributed by atoms with E-state index in [0.717, 1.165) is 24.8 Å². The highest BCUT2D eigenvalue weighted by Gasteiger charge is 2.48. The van der Waals surface area contributed by atoms with Gasteiger partial charge in [0, 0.05) is 24.7 Å². The Kier molecular flexibility index (Phi) is 5.07. The minimum atomic E-state index is -1.13. The number of hydrogen-bond donors (Lipinski definition) is 1. The predicted octanol–water partition coefficient (Wildman–Crippen LogP) is 4.48. The van der Waals surface area contributed by atoms with Crippen LogP contribution in [0.4, 0.5) is 4.39 Å². The second kappa shape index (κ2) is 7.80. The van der Waals surface area contributed by atoms with Gasteiger partial charge in [-0.2, -0.15) is 0 Å². The van der Waals surface area contributed by atoms with Gasteiger partial charge in [0.2, 0.25) is 5.91 Å². The molecule has 0 radical (unpaired) electrons. The quantitative estimate of drug-likeness (QED) is 0.654. The Balaban J connectivity index is 1.53. The summed E-state index contributed by atoms with van der Waals surface area (Å²) in [6.45, 7) is 4.43. The van der Waals surface area contributed by atoms with Gasteiger partial charge in [-0.1, -0.05) is 31.9 Å². The highest BCUT2D eigenvalue weighted by atomic mass is 19.1. The van der Waals surface area contributed by atoms with E-state index in [2.05, 4.69) is 12.2 Å². The molecule has 1 aromatic carbocycles. The SMILES string of the molecule is CC1CCCCC1NC(=O)C1(C)Cn2c(cc3occc32)C(=O)N1Cc1cccc(F)c1. The number of furan rings is 1. The summed E-state index contributed by atoms with van der Waals surface area (Å²) < 4.78 is 21.2. The van der Waals surface area contributed by atoms with E-state index in [9.17, 15) is 14.0 Å². The molecule has 0 saturated heterocycles. The Morgan fingerprint density at radius 3 is 2.84 bits per heavy atom. The van der Waals surface area contributed by atoms with E-state index in [1.165, 1.54) is 18.6 Å². The van der Waals surface area contributed by atoms with Crippen molar-refractivity contribution in [1.82, 2.24) is 14.8 Å². The highest BCUT2D eigenvalue weighted by Crippen LogP contribution is 2.34. The van der Waals surface area contributed by atoms with Crippen molar-refractivity contribution >= 4 is 22.9 Å². The van der Waals surface area contributed by atoms with Crippen LogP contribution in [0.1, 0.15) is 55.6 Å². The molecule has 3 atom stereocenters. The maximum Gasteiger partial charge on any atom is 0.271 e. The maximum atomic E-state index is 13.9. The molecule has 1 saturated carbocycles. The normalized spacial score (nSPS) is 25.7. The fraction of sp³-hybridized carbons (Fsp3) is 0.440. The smallest absolute Gasteiger partial charge is 0.271 e. The van der Waals surface area contributed by atoms with Crippen molar-refractivity contribution < 1.29 is 18.4 Å². The third kappa shape index (κ3) is 3.40. The number of halogens is 1. The molecule has 2 amide bonds. The van der Waals surface area contributed by atoms with Gasteiger partial charge in [-0.25, -0.2) is 4.39 Å². The average molecular weight is 438 g/mol. The number of amides is 2. The lowest BCUT2D eigenvalue weighted by atomic mass is 9.85. The molecule has 3 heterocycles. The molecule has 7 heteroatoms. The Morgan fingerprint density at radius 2 is 2.06 bits per heavy atom.